The maximum absolute atomic E-state index is 13.7. The minimum Gasteiger partial charge on any atom is -0.376 e. The summed E-state index contributed by atoms with van der Waals surface area (Å²) in [5.74, 6) is 0.166. The van der Waals surface area contributed by atoms with Crippen LogP contribution in [0.25, 0.3) is 0 Å². The average molecular weight is 422 g/mol. The lowest BCUT2D eigenvalue weighted by Gasteiger charge is -2.26. The van der Waals surface area contributed by atoms with Crippen molar-refractivity contribution in [2.75, 3.05) is 13.2 Å². The van der Waals surface area contributed by atoms with Crippen molar-refractivity contribution in [2.24, 2.45) is 0 Å². The second kappa shape index (κ2) is 9.43. The van der Waals surface area contributed by atoms with Crippen LogP contribution in [-0.4, -0.2) is 39.6 Å². The van der Waals surface area contributed by atoms with Gasteiger partial charge in [0.25, 0.3) is 5.91 Å². The van der Waals surface area contributed by atoms with E-state index in [0.29, 0.717) is 31.8 Å². The highest BCUT2D eigenvalue weighted by Crippen LogP contribution is 2.19. The van der Waals surface area contributed by atoms with Gasteiger partial charge in [-0.1, -0.05) is 29.8 Å². The second-order valence-corrected chi connectivity index (χ2v) is 8.23. The molecule has 31 heavy (non-hydrogen) atoms. The first kappa shape index (κ1) is 21.2. The number of carbonyl (C=O) groups is 1. The van der Waals surface area contributed by atoms with Crippen molar-refractivity contribution in [1.29, 1.82) is 0 Å². The van der Waals surface area contributed by atoms with Gasteiger partial charge in [-0.05, 0) is 56.0 Å². The van der Waals surface area contributed by atoms with Gasteiger partial charge in [-0.25, -0.2) is 9.37 Å². The van der Waals surface area contributed by atoms with Crippen molar-refractivity contribution < 1.29 is 13.9 Å². The molecule has 1 aromatic heterocycles. The molecule has 162 valence electrons. The number of aromatic nitrogens is 2. The van der Waals surface area contributed by atoms with Crippen molar-refractivity contribution in [2.45, 2.75) is 45.9 Å². The quantitative estimate of drug-likeness (QED) is 0.564. The van der Waals surface area contributed by atoms with E-state index in [4.69, 9.17) is 4.74 Å². The molecule has 1 saturated heterocycles. The number of ether oxygens (including phenoxy) is 1. The van der Waals surface area contributed by atoms with Gasteiger partial charge in [0.05, 0.1) is 12.6 Å². The zero-order chi connectivity index (χ0) is 21.8. The fourth-order valence-corrected chi connectivity index (χ4v) is 4.02. The van der Waals surface area contributed by atoms with Crippen LogP contribution in [0.2, 0.25) is 0 Å². The van der Waals surface area contributed by atoms with E-state index in [-0.39, 0.29) is 12.0 Å². The topological polar surface area (TPSA) is 47.4 Å². The standard InChI is InChI=1S/C25H28FN3O2/c1-18-8-9-19(2)21(13-18)15-28-11-10-27-24(28)17-29(16-23-7-4-12-31-23)25(30)20-5-3-6-22(26)14-20/h3,5-6,8-11,13-14,23H,4,7,12,15-17H2,1-2H3. The van der Waals surface area contributed by atoms with E-state index in [1.54, 1.807) is 23.2 Å². The minimum atomic E-state index is -0.417. The van der Waals surface area contributed by atoms with Crippen molar-refractivity contribution in [1.82, 2.24) is 14.5 Å². The van der Waals surface area contributed by atoms with Crippen LogP contribution in [0.1, 0.15) is 45.7 Å². The van der Waals surface area contributed by atoms with Crippen LogP contribution in [0.15, 0.2) is 54.9 Å². The maximum Gasteiger partial charge on any atom is 0.254 e. The number of benzene rings is 2. The van der Waals surface area contributed by atoms with Gasteiger partial charge in [0.15, 0.2) is 0 Å². The Balaban J connectivity index is 1.57. The molecular weight excluding hydrogens is 393 g/mol. The van der Waals surface area contributed by atoms with E-state index in [9.17, 15) is 9.18 Å². The molecule has 3 aromatic rings. The first-order chi connectivity index (χ1) is 15.0. The zero-order valence-electron chi connectivity index (χ0n) is 18.1. The molecule has 0 saturated carbocycles. The molecule has 0 spiro atoms. The van der Waals surface area contributed by atoms with Crippen LogP contribution in [0, 0.1) is 19.7 Å². The van der Waals surface area contributed by atoms with E-state index < -0.39 is 5.82 Å². The molecule has 4 rings (SSSR count). The van der Waals surface area contributed by atoms with E-state index in [1.165, 1.54) is 28.8 Å². The highest BCUT2D eigenvalue weighted by atomic mass is 19.1. The molecule has 2 aromatic carbocycles. The Kier molecular flexibility index (Phi) is 6.47. The summed E-state index contributed by atoms with van der Waals surface area (Å²) in [4.78, 5) is 19.5. The molecule has 0 bridgehead atoms. The largest absolute Gasteiger partial charge is 0.376 e. The third-order valence-corrected chi connectivity index (χ3v) is 5.79. The Morgan fingerprint density at radius 2 is 2.13 bits per heavy atom. The average Bonchev–Trinajstić information content (AvgIpc) is 3.42. The predicted octanol–water partition coefficient (Wildman–Crippen LogP) is 4.51. The first-order valence-electron chi connectivity index (χ1n) is 10.7. The molecular formula is C25H28FN3O2. The van der Waals surface area contributed by atoms with Gasteiger partial charge in [0.1, 0.15) is 11.6 Å². The summed E-state index contributed by atoms with van der Waals surface area (Å²) in [6, 6.07) is 12.3. The highest BCUT2D eigenvalue weighted by Gasteiger charge is 2.25. The summed E-state index contributed by atoms with van der Waals surface area (Å²) in [7, 11) is 0. The number of nitrogens with zero attached hydrogens (tertiary/aromatic N) is 3. The van der Waals surface area contributed by atoms with Crippen LogP contribution in [0.5, 0.6) is 0 Å². The molecule has 2 heterocycles. The number of halogens is 1. The molecule has 6 heteroatoms. The van der Waals surface area contributed by atoms with Crippen molar-refractivity contribution in [3.05, 3.63) is 88.8 Å². The molecule has 0 N–H and O–H groups in total. The number of hydrogen-bond donors (Lipinski definition) is 0. The van der Waals surface area contributed by atoms with Crippen LogP contribution in [-0.2, 0) is 17.8 Å². The Bertz CT molecular complexity index is 1060. The molecule has 1 fully saturated rings. The predicted molar refractivity (Wildman–Crippen MR) is 117 cm³/mol. The molecule has 0 radical (unpaired) electrons. The molecule has 0 aliphatic carbocycles. The second-order valence-electron chi connectivity index (χ2n) is 8.23. The summed E-state index contributed by atoms with van der Waals surface area (Å²) >= 11 is 0. The summed E-state index contributed by atoms with van der Waals surface area (Å²) in [5.41, 5.74) is 3.99. The number of imidazole rings is 1. The Labute approximate surface area is 182 Å². The van der Waals surface area contributed by atoms with Gasteiger partial charge in [-0.2, -0.15) is 0 Å². The van der Waals surface area contributed by atoms with Crippen molar-refractivity contribution in [3.63, 3.8) is 0 Å². The van der Waals surface area contributed by atoms with Gasteiger partial charge in [-0.15, -0.1) is 0 Å². The van der Waals surface area contributed by atoms with Crippen LogP contribution in [0.3, 0.4) is 0 Å². The minimum absolute atomic E-state index is 0.0000567. The summed E-state index contributed by atoms with van der Waals surface area (Å²) < 4.78 is 21.6. The molecule has 1 amide bonds. The lowest BCUT2D eigenvalue weighted by atomic mass is 10.1. The fraction of sp³-hybridized carbons (Fsp3) is 0.360. The van der Waals surface area contributed by atoms with Gasteiger partial charge >= 0.3 is 0 Å². The molecule has 1 aliphatic heterocycles. The van der Waals surface area contributed by atoms with E-state index in [1.807, 2.05) is 6.20 Å². The normalized spacial score (nSPS) is 15.9. The van der Waals surface area contributed by atoms with E-state index in [2.05, 4.69) is 41.6 Å². The summed E-state index contributed by atoms with van der Waals surface area (Å²) in [6.07, 6.45) is 5.61. The Morgan fingerprint density at radius 1 is 1.26 bits per heavy atom. The third kappa shape index (κ3) is 5.20. The Hall–Kier alpha value is -2.99. The fourth-order valence-electron chi connectivity index (χ4n) is 4.02. The van der Waals surface area contributed by atoms with Crippen LogP contribution >= 0.6 is 0 Å². The lowest BCUT2D eigenvalue weighted by Crippen LogP contribution is -2.37. The number of aryl methyl sites for hydroxylation is 2. The molecule has 1 aliphatic rings. The number of carbonyl (C=O) groups excluding carboxylic acids is 1. The SMILES string of the molecule is Cc1ccc(C)c(Cn2ccnc2CN(CC2CCCO2)C(=O)c2cccc(F)c2)c1. The van der Waals surface area contributed by atoms with Crippen molar-refractivity contribution in [3.8, 4) is 0 Å². The smallest absolute Gasteiger partial charge is 0.254 e. The number of hydrogen-bond acceptors (Lipinski definition) is 3. The highest BCUT2D eigenvalue weighted by molar-refractivity contribution is 5.94. The van der Waals surface area contributed by atoms with Crippen LogP contribution < -0.4 is 0 Å². The van der Waals surface area contributed by atoms with E-state index >= 15 is 0 Å². The molecule has 1 unspecified atom stereocenters. The third-order valence-electron chi connectivity index (χ3n) is 5.79. The van der Waals surface area contributed by atoms with Crippen LogP contribution in [0.4, 0.5) is 4.39 Å². The monoisotopic (exact) mass is 421 g/mol. The molecule has 5 nitrogen and oxygen atoms in total. The number of rotatable bonds is 7. The Morgan fingerprint density at radius 3 is 2.90 bits per heavy atom. The van der Waals surface area contributed by atoms with E-state index in [0.717, 1.165) is 18.7 Å². The van der Waals surface area contributed by atoms with Gasteiger partial charge in [-0.3, -0.25) is 4.79 Å². The van der Waals surface area contributed by atoms with Gasteiger partial charge < -0.3 is 14.2 Å². The van der Waals surface area contributed by atoms with Gasteiger partial charge in [0, 0.05) is 37.7 Å². The zero-order valence-corrected chi connectivity index (χ0v) is 18.1. The maximum atomic E-state index is 13.7. The number of amides is 1. The summed E-state index contributed by atoms with van der Waals surface area (Å²) in [6.45, 7) is 6.39. The first-order valence-corrected chi connectivity index (χ1v) is 10.7. The molecule has 1 atom stereocenters. The van der Waals surface area contributed by atoms with Gasteiger partial charge in [0.2, 0.25) is 0 Å². The lowest BCUT2D eigenvalue weighted by molar-refractivity contribution is 0.0498. The van der Waals surface area contributed by atoms with Crippen molar-refractivity contribution >= 4 is 5.91 Å². The summed E-state index contributed by atoms with van der Waals surface area (Å²) in [5, 5.41) is 0.